The fraction of sp³-hybridized carbons (Fsp3) is 0.950. The lowest BCUT2D eigenvalue weighted by Gasteiger charge is -2.08. The smallest absolute Gasteiger partial charge is 0.0801 e. The van der Waals surface area contributed by atoms with E-state index in [9.17, 15) is 0 Å². The Morgan fingerprint density at radius 1 is 0.667 bits per heavy atom. The van der Waals surface area contributed by atoms with Gasteiger partial charge in [0.25, 0.3) is 0 Å². The summed E-state index contributed by atoms with van der Waals surface area (Å²) in [6.07, 6.45) is 22.1. The molecule has 0 amide bonds. The predicted molar refractivity (Wildman–Crippen MR) is 94.9 cm³/mol. The quantitative estimate of drug-likeness (QED) is 0.277. The van der Waals surface area contributed by atoms with Gasteiger partial charge in [-0.2, -0.15) is 0 Å². The fourth-order valence-electron chi connectivity index (χ4n) is 2.99. The van der Waals surface area contributed by atoms with E-state index in [1.807, 2.05) is 0 Å². The topological polar surface area (TPSA) is 20.2 Å². The van der Waals surface area contributed by atoms with E-state index in [-0.39, 0.29) is 0 Å². The maximum Gasteiger partial charge on any atom is 0.0801 e. The van der Waals surface area contributed by atoms with Crippen molar-refractivity contribution in [1.82, 2.24) is 0 Å². The summed E-state index contributed by atoms with van der Waals surface area (Å²) in [6.45, 7) is 5.83. The minimum absolute atomic E-state index is 0.660. The number of aliphatic hydroxyl groups excluding tert-OH is 1. The van der Waals surface area contributed by atoms with Gasteiger partial charge in [0, 0.05) is 0 Å². The maximum atomic E-state index is 8.73. The number of rotatable bonds is 17. The SMILES string of the molecule is CCCCCCCCCCCCCCCCC(C)C[CH]O. The molecule has 0 saturated carbocycles. The zero-order chi connectivity index (χ0) is 15.6. The van der Waals surface area contributed by atoms with Crippen LogP contribution < -0.4 is 0 Å². The van der Waals surface area contributed by atoms with Crippen molar-refractivity contribution in [3.05, 3.63) is 6.61 Å². The monoisotopic (exact) mass is 297 g/mol. The first-order valence-corrected chi connectivity index (χ1v) is 9.77. The van der Waals surface area contributed by atoms with Gasteiger partial charge in [0.2, 0.25) is 0 Å². The molecule has 0 aliphatic rings. The molecule has 1 nitrogen and oxygen atoms in total. The summed E-state index contributed by atoms with van der Waals surface area (Å²) in [4.78, 5) is 0. The molecule has 0 aromatic heterocycles. The second-order valence-electron chi connectivity index (χ2n) is 6.91. The van der Waals surface area contributed by atoms with Crippen molar-refractivity contribution in [2.24, 2.45) is 5.92 Å². The van der Waals surface area contributed by atoms with Crippen molar-refractivity contribution in [2.45, 2.75) is 117 Å². The first kappa shape index (κ1) is 21.0. The molecule has 0 aliphatic carbocycles. The zero-order valence-corrected chi connectivity index (χ0v) is 14.9. The van der Waals surface area contributed by atoms with E-state index in [2.05, 4.69) is 13.8 Å². The van der Waals surface area contributed by atoms with Crippen LogP contribution in [0.15, 0.2) is 0 Å². The van der Waals surface area contributed by atoms with Crippen LogP contribution in [0.2, 0.25) is 0 Å². The Bertz CT molecular complexity index is 179. The van der Waals surface area contributed by atoms with E-state index in [0.717, 1.165) is 6.42 Å². The van der Waals surface area contributed by atoms with E-state index in [1.165, 1.54) is 103 Å². The van der Waals surface area contributed by atoms with E-state index in [0.29, 0.717) is 5.92 Å². The third-order valence-electron chi connectivity index (χ3n) is 4.56. The molecule has 0 spiro atoms. The third-order valence-corrected chi connectivity index (χ3v) is 4.56. The number of hydrogen-bond acceptors (Lipinski definition) is 1. The van der Waals surface area contributed by atoms with Crippen molar-refractivity contribution >= 4 is 0 Å². The van der Waals surface area contributed by atoms with E-state index in [4.69, 9.17) is 5.11 Å². The molecular formula is C20H41O. The van der Waals surface area contributed by atoms with Crippen LogP contribution in [0.3, 0.4) is 0 Å². The lowest BCUT2D eigenvalue weighted by molar-refractivity contribution is 0.334. The van der Waals surface area contributed by atoms with Gasteiger partial charge >= 0.3 is 0 Å². The highest BCUT2D eigenvalue weighted by Crippen LogP contribution is 2.16. The van der Waals surface area contributed by atoms with Crippen molar-refractivity contribution in [2.75, 3.05) is 0 Å². The average Bonchev–Trinajstić information content (AvgIpc) is 2.48. The Hall–Kier alpha value is -0.0400. The minimum Gasteiger partial charge on any atom is -0.390 e. The minimum atomic E-state index is 0.660. The molecule has 0 rings (SSSR count). The first-order chi connectivity index (χ1) is 10.3. The van der Waals surface area contributed by atoms with E-state index >= 15 is 0 Å². The van der Waals surface area contributed by atoms with E-state index in [1.54, 1.807) is 0 Å². The van der Waals surface area contributed by atoms with Gasteiger partial charge < -0.3 is 5.11 Å². The molecule has 0 aliphatic heterocycles. The molecule has 1 heteroatoms. The van der Waals surface area contributed by atoms with Crippen LogP contribution >= 0.6 is 0 Å². The highest BCUT2D eigenvalue weighted by molar-refractivity contribution is 4.58. The second kappa shape index (κ2) is 18.0. The first-order valence-electron chi connectivity index (χ1n) is 9.77. The largest absolute Gasteiger partial charge is 0.390 e. The summed E-state index contributed by atoms with van der Waals surface area (Å²) in [5.41, 5.74) is 0. The summed E-state index contributed by atoms with van der Waals surface area (Å²) in [6, 6.07) is 0. The van der Waals surface area contributed by atoms with Gasteiger partial charge in [0.05, 0.1) is 6.61 Å². The summed E-state index contributed by atoms with van der Waals surface area (Å²) < 4.78 is 0. The van der Waals surface area contributed by atoms with Gasteiger partial charge in [-0.15, -0.1) is 0 Å². The van der Waals surface area contributed by atoms with Crippen molar-refractivity contribution in [3.63, 3.8) is 0 Å². The standard InChI is InChI=1S/C20H41O/c1-3-4-5-6-7-8-9-10-11-12-13-14-15-16-17-20(2)18-19-21/h19-21H,3-18H2,1-2H3. The van der Waals surface area contributed by atoms with Crippen LogP contribution in [0.25, 0.3) is 0 Å². The summed E-state index contributed by atoms with van der Waals surface area (Å²) in [5.74, 6) is 0.660. The summed E-state index contributed by atoms with van der Waals surface area (Å²) in [7, 11) is 0. The summed E-state index contributed by atoms with van der Waals surface area (Å²) in [5, 5.41) is 8.73. The predicted octanol–water partition coefficient (Wildman–Crippen LogP) is 7.42. The molecular weight excluding hydrogens is 256 g/mol. The van der Waals surface area contributed by atoms with Gasteiger partial charge in [-0.3, -0.25) is 0 Å². The maximum absolute atomic E-state index is 8.73. The highest BCUT2D eigenvalue weighted by atomic mass is 16.3. The van der Waals surface area contributed by atoms with Crippen LogP contribution in [0.4, 0.5) is 0 Å². The van der Waals surface area contributed by atoms with E-state index < -0.39 is 0 Å². The second-order valence-corrected chi connectivity index (χ2v) is 6.91. The Balaban J connectivity index is 2.99. The van der Waals surface area contributed by atoms with Gasteiger partial charge in [-0.1, -0.05) is 110 Å². The number of hydrogen-bond donors (Lipinski definition) is 1. The molecule has 0 bridgehead atoms. The molecule has 1 radical (unpaired) electrons. The number of unbranched alkanes of at least 4 members (excludes halogenated alkanes) is 13. The van der Waals surface area contributed by atoms with Crippen LogP contribution in [0.1, 0.15) is 117 Å². The average molecular weight is 298 g/mol. The Morgan fingerprint density at radius 3 is 1.43 bits per heavy atom. The van der Waals surface area contributed by atoms with Crippen molar-refractivity contribution in [3.8, 4) is 0 Å². The molecule has 0 heterocycles. The normalized spacial score (nSPS) is 12.7. The highest BCUT2D eigenvalue weighted by Gasteiger charge is 2.00. The number of aliphatic hydroxyl groups is 1. The van der Waals surface area contributed by atoms with Crippen molar-refractivity contribution < 1.29 is 5.11 Å². The summed E-state index contributed by atoms with van der Waals surface area (Å²) >= 11 is 0. The molecule has 0 aromatic rings. The van der Waals surface area contributed by atoms with Gasteiger partial charge in [-0.25, -0.2) is 0 Å². The molecule has 1 unspecified atom stereocenters. The van der Waals surface area contributed by atoms with Crippen LogP contribution in [0, 0.1) is 12.5 Å². The van der Waals surface area contributed by atoms with Gasteiger partial charge in [-0.05, 0) is 12.3 Å². The van der Waals surface area contributed by atoms with Gasteiger partial charge in [0.1, 0.15) is 0 Å². The van der Waals surface area contributed by atoms with Crippen LogP contribution in [-0.2, 0) is 0 Å². The lowest BCUT2D eigenvalue weighted by Crippen LogP contribution is -1.94. The fourth-order valence-corrected chi connectivity index (χ4v) is 2.99. The molecule has 1 N–H and O–H groups in total. The van der Waals surface area contributed by atoms with Crippen LogP contribution in [-0.4, -0.2) is 5.11 Å². The van der Waals surface area contributed by atoms with Crippen molar-refractivity contribution in [1.29, 1.82) is 0 Å². The molecule has 0 saturated heterocycles. The molecule has 127 valence electrons. The molecule has 1 atom stereocenters. The Kier molecular flexibility index (Phi) is 18.0. The third kappa shape index (κ3) is 17.9. The van der Waals surface area contributed by atoms with Crippen LogP contribution in [0.5, 0.6) is 0 Å². The molecule has 0 aromatic carbocycles. The Morgan fingerprint density at radius 2 is 1.05 bits per heavy atom. The molecule has 21 heavy (non-hydrogen) atoms. The lowest BCUT2D eigenvalue weighted by atomic mass is 9.99. The Labute approximate surface area is 134 Å². The zero-order valence-electron chi connectivity index (χ0n) is 14.9. The molecule has 0 fully saturated rings. The van der Waals surface area contributed by atoms with Gasteiger partial charge in [0.15, 0.2) is 0 Å².